The fraction of sp³-hybridized carbons (Fsp3) is 0.821. The van der Waals surface area contributed by atoms with E-state index in [9.17, 15) is 24.6 Å². The van der Waals surface area contributed by atoms with Crippen molar-refractivity contribution < 1.29 is 24.6 Å². The molecule has 0 saturated heterocycles. The molecule has 4 atom stereocenters. The number of hydrogen-bond acceptors (Lipinski definition) is 4. The van der Waals surface area contributed by atoms with E-state index >= 15 is 0 Å². The molecular weight excluding hydrogens is 416 g/mol. The van der Waals surface area contributed by atoms with E-state index < -0.39 is 11.4 Å². The minimum absolute atomic E-state index is 0.0164. The van der Waals surface area contributed by atoms with Crippen LogP contribution in [0.15, 0.2) is 12.2 Å². The molecule has 2 rings (SSSR count). The number of aliphatic hydroxyl groups excluding tert-OH is 1. The van der Waals surface area contributed by atoms with Gasteiger partial charge in [0.2, 0.25) is 0 Å². The predicted octanol–water partition coefficient (Wildman–Crippen LogP) is 5.98. The minimum atomic E-state index is -0.786. The van der Waals surface area contributed by atoms with Crippen molar-refractivity contribution in [1.29, 1.82) is 0 Å². The van der Waals surface area contributed by atoms with Gasteiger partial charge < -0.3 is 10.2 Å². The van der Waals surface area contributed by atoms with Crippen LogP contribution < -0.4 is 0 Å². The van der Waals surface area contributed by atoms with E-state index in [0.29, 0.717) is 12.2 Å². The highest BCUT2D eigenvalue weighted by molar-refractivity contribution is 5.87. The van der Waals surface area contributed by atoms with Crippen LogP contribution in [-0.4, -0.2) is 34.4 Å². The summed E-state index contributed by atoms with van der Waals surface area (Å²) in [5.74, 6) is -0.232. The zero-order chi connectivity index (χ0) is 24.6. The number of carbonyl (C=O) groups is 3. The molecule has 33 heavy (non-hydrogen) atoms. The van der Waals surface area contributed by atoms with E-state index in [4.69, 9.17) is 0 Å². The van der Waals surface area contributed by atoms with Gasteiger partial charge in [0, 0.05) is 30.3 Å². The van der Waals surface area contributed by atoms with Crippen molar-refractivity contribution in [2.24, 2.45) is 34.5 Å². The van der Waals surface area contributed by atoms with E-state index in [1.165, 1.54) is 0 Å². The highest BCUT2D eigenvalue weighted by Gasteiger charge is 2.33. The Morgan fingerprint density at radius 2 is 1.30 bits per heavy atom. The van der Waals surface area contributed by atoms with Crippen molar-refractivity contribution in [3.63, 3.8) is 0 Å². The van der Waals surface area contributed by atoms with Crippen LogP contribution in [0.3, 0.4) is 0 Å². The number of aliphatic hydroxyl groups is 1. The van der Waals surface area contributed by atoms with Gasteiger partial charge in [0.15, 0.2) is 0 Å². The second-order valence-electron chi connectivity index (χ2n) is 12.0. The molecule has 0 amide bonds. The lowest BCUT2D eigenvalue weighted by Gasteiger charge is -2.29. The van der Waals surface area contributed by atoms with Gasteiger partial charge in [-0.1, -0.05) is 51.7 Å². The largest absolute Gasteiger partial charge is 0.481 e. The first kappa shape index (κ1) is 27.8. The van der Waals surface area contributed by atoms with Crippen LogP contribution in [0, 0.1) is 34.5 Å². The van der Waals surface area contributed by atoms with Gasteiger partial charge in [-0.3, -0.25) is 14.4 Å². The molecule has 188 valence electrons. The lowest BCUT2D eigenvalue weighted by molar-refractivity contribution is -0.147. The summed E-state index contributed by atoms with van der Waals surface area (Å²) in [6, 6.07) is 0. The molecule has 4 unspecified atom stereocenters. The van der Waals surface area contributed by atoms with Crippen LogP contribution in [0.4, 0.5) is 0 Å². The summed E-state index contributed by atoms with van der Waals surface area (Å²) >= 11 is 0. The van der Waals surface area contributed by atoms with Gasteiger partial charge in [0.05, 0.1) is 5.41 Å². The van der Waals surface area contributed by atoms with Gasteiger partial charge in [-0.05, 0) is 70.6 Å². The molecule has 0 aliphatic heterocycles. The fourth-order valence-electron chi connectivity index (χ4n) is 5.37. The van der Waals surface area contributed by atoms with Crippen molar-refractivity contribution in [3.05, 3.63) is 12.2 Å². The number of aliphatic carboxylic acids is 1. The predicted molar refractivity (Wildman–Crippen MR) is 131 cm³/mol. The monoisotopic (exact) mass is 462 g/mol. The van der Waals surface area contributed by atoms with Crippen molar-refractivity contribution in [1.82, 2.24) is 0 Å². The second-order valence-corrected chi connectivity index (χ2v) is 12.0. The van der Waals surface area contributed by atoms with Crippen LogP contribution in [-0.2, 0) is 14.4 Å². The molecule has 2 aliphatic carbocycles. The Balaban J connectivity index is 1.86. The number of carboxylic acids is 1. The Morgan fingerprint density at radius 3 is 1.73 bits per heavy atom. The molecule has 0 aromatic carbocycles. The van der Waals surface area contributed by atoms with Gasteiger partial charge in [0.1, 0.15) is 11.6 Å². The highest BCUT2D eigenvalue weighted by Crippen LogP contribution is 2.35. The molecule has 0 spiro atoms. The molecule has 0 radical (unpaired) electrons. The molecule has 5 nitrogen and oxygen atoms in total. The third-order valence-corrected chi connectivity index (χ3v) is 8.01. The summed E-state index contributed by atoms with van der Waals surface area (Å²) in [5.41, 5.74) is -0.832. The molecule has 0 aromatic heterocycles. The molecule has 0 aromatic rings. The maximum absolute atomic E-state index is 13.0. The summed E-state index contributed by atoms with van der Waals surface area (Å²) < 4.78 is 0. The Bertz CT molecular complexity index is 705. The lowest BCUT2D eigenvalue weighted by Crippen LogP contribution is -2.30. The normalized spacial score (nSPS) is 27.3. The van der Waals surface area contributed by atoms with Crippen molar-refractivity contribution in [2.75, 3.05) is 6.61 Å². The number of hydrogen-bond donors (Lipinski definition) is 2. The van der Waals surface area contributed by atoms with E-state index in [-0.39, 0.29) is 41.5 Å². The average molecular weight is 463 g/mol. The average Bonchev–Trinajstić information content (AvgIpc) is 2.75. The summed E-state index contributed by atoms with van der Waals surface area (Å²) in [4.78, 5) is 37.4. The van der Waals surface area contributed by atoms with Gasteiger partial charge in [0.25, 0.3) is 0 Å². The van der Waals surface area contributed by atoms with Crippen molar-refractivity contribution in [2.45, 2.75) is 105 Å². The van der Waals surface area contributed by atoms with Crippen LogP contribution >= 0.6 is 0 Å². The number of rotatable bonds is 12. The van der Waals surface area contributed by atoms with Gasteiger partial charge >= 0.3 is 5.97 Å². The third kappa shape index (κ3) is 8.35. The van der Waals surface area contributed by atoms with Crippen molar-refractivity contribution in [3.8, 4) is 0 Å². The summed E-state index contributed by atoms with van der Waals surface area (Å²) in [6.45, 7) is 7.77. The van der Waals surface area contributed by atoms with E-state index in [1.54, 1.807) is 13.8 Å². The third-order valence-electron chi connectivity index (χ3n) is 8.01. The first-order valence-electron chi connectivity index (χ1n) is 13.1. The molecule has 0 bridgehead atoms. The SMILES string of the molecule is CC(C)(CO)CCCC1CCCC(C=CC2CCCC(CCCC(C)(C)C(=O)O)C2=O)C1=O. The standard InChI is InChI=1S/C28H46O5/c1-27(2,19-29)17-7-13-20-9-5-11-22(24(20)30)15-16-23-12-6-10-21(25(23)31)14-8-18-28(3,4)26(32)33/h15-16,20-23,29H,5-14,17-19H2,1-4H3,(H,32,33). The summed E-state index contributed by atoms with van der Waals surface area (Å²) in [5, 5.41) is 18.7. The zero-order valence-corrected chi connectivity index (χ0v) is 21.3. The Kier molecular flexibility index (Phi) is 10.3. The van der Waals surface area contributed by atoms with Crippen LogP contribution in [0.1, 0.15) is 105 Å². The molecular formula is C28H46O5. The van der Waals surface area contributed by atoms with E-state index in [2.05, 4.69) is 13.8 Å². The number of allylic oxidation sites excluding steroid dienone is 2. The summed E-state index contributed by atoms with van der Waals surface area (Å²) in [7, 11) is 0. The van der Waals surface area contributed by atoms with Crippen molar-refractivity contribution >= 4 is 17.5 Å². The van der Waals surface area contributed by atoms with Crippen LogP contribution in [0.25, 0.3) is 0 Å². The zero-order valence-electron chi connectivity index (χ0n) is 21.3. The fourth-order valence-corrected chi connectivity index (χ4v) is 5.37. The molecule has 2 N–H and O–H groups in total. The molecule has 5 heteroatoms. The minimum Gasteiger partial charge on any atom is -0.481 e. The molecule has 2 aliphatic rings. The number of ketones is 2. The number of carboxylic acid groups (broad SMARTS) is 1. The van der Waals surface area contributed by atoms with Gasteiger partial charge in [-0.25, -0.2) is 0 Å². The first-order valence-corrected chi connectivity index (χ1v) is 13.1. The molecule has 2 saturated carbocycles. The summed E-state index contributed by atoms with van der Waals surface area (Å²) in [6.07, 6.45) is 14.5. The van der Waals surface area contributed by atoms with Gasteiger partial charge in [-0.2, -0.15) is 0 Å². The van der Waals surface area contributed by atoms with E-state index in [0.717, 1.165) is 70.6 Å². The lowest BCUT2D eigenvalue weighted by atomic mass is 9.74. The number of carbonyl (C=O) groups excluding carboxylic acids is 2. The highest BCUT2D eigenvalue weighted by atomic mass is 16.4. The molecule has 2 fully saturated rings. The first-order chi connectivity index (χ1) is 15.5. The topological polar surface area (TPSA) is 91.7 Å². The Hall–Kier alpha value is -1.49. The van der Waals surface area contributed by atoms with Crippen LogP contribution in [0.2, 0.25) is 0 Å². The Morgan fingerprint density at radius 1 is 0.848 bits per heavy atom. The quantitative estimate of drug-likeness (QED) is 0.348. The second kappa shape index (κ2) is 12.3. The smallest absolute Gasteiger partial charge is 0.309 e. The van der Waals surface area contributed by atoms with Crippen LogP contribution in [0.5, 0.6) is 0 Å². The maximum atomic E-state index is 13.0. The van der Waals surface area contributed by atoms with E-state index in [1.807, 2.05) is 12.2 Å². The Labute approximate surface area is 200 Å². The molecule has 0 heterocycles. The maximum Gasteiger partial charge on any atom is 0.309 e. The van der Waals surface area contributed by atoms with Gasteiger partial charge in [-0.15, -0.1) is 0 Å². The number of Topliss-reactive ketones (excluding diaryl/α,β-unsaturated/α-hetero) is 2.